The molecule has 4 rings (SSSR count). The molecule has 0 fully saturated rings. The summed E-state index contributed by atoms with van der Waals surface area (Å²) in [5.74, 6) is -2.22. The van der Waals surface area contributed by atoms with E-state index in [1.54, 1.807) is 31.2 Å². The summed E-state index contributed by atoms with van der Waals surface area (Å²) in [5.41, 5.74) is 0.860. The number of carboxylic acid groups (broad SMARTS) is 1. The van der Waals surface area contributed by atoms with Crippen LogP contribution in [0.1, 0.15) is 49.7 Å². The summed E-state index contributed by atoms with van der Waals surface area (Å²) in [6.45, 7) is 1.57. The molecule has 26 heavy (non-hydrogen) atoms. The third kappa shape index (κ3) is 2.19. The highest BCUT2D eigenvalue weighted by atomic mass is 35.5. The summed E-state index contributed by atoms with van der Waals surface area (Å²) in [5, 5.41) is 13.7. The number of benzene rings is 1. The van der Waals surface area contributed by atoms with E-state index in [0.717, 1.165) is 4.90 Å². The van der Waals surface area contributed by atoms with Crippen LogP contribution in [-0.4, -0.2) is 42.4 Å². The molecule has 3 aromatic rings. The monoisotopic (exact) mass is 370 g/mol. The first-order chi connectivity index (χ1) is 12.4. The van der Waals surface area contributed by atoms with Crippen LogP contribution in [0.15, 0.2) is 36.5 Å². The van der Waals surface area contributed by atoms with Crippen molar-refractivity contribution < 1.29 is 19.5 Å². The number of carboxylic acids is 1. The van der Waals surface area contributed by atoms with Crippen LogP contribution in [0.5, 0.6) is 0 Å². The molecule has 1 N–H and O–H groups in total. The molecule has 0 saturated carbocycles. The van der Waals surface area contributed by atoms with Crippen molar-refractivity contribution in [3.8, 4) is 0 Å². The molecule has 2 amide bonds. The van der Waals surface area contributed by atoms with Crippen LogP contribution in [0, 0.1) is 0 Å². The van der Waals surface area contributed by atoms with Crippen LogP contribution in [0.3, 0.4) is 0 Å². The van der Waals surface area contributed by atoms with Crippen LogP contribution >= 0.6 is 11.6 Å². The smallest absolute Gasteiger partial charge is 0.339 e. The third-order valence-corrected chi connectivity index (χ3v) is 4.51. The van der Waals surface area contributed by atoms with Crippen LogP contribution in [0.25, 0.3) is 5.65 Å². The molecule has 1 aromatic carbocycles. The second-order valence-electron chi connectivity index (χ2n) is 5.80. The Balaban J connectivity index is 1.91. The maximum atomic E-state index is 12.7. The molecule has 1 unspecified atom stereocenters. The van der Waals surface area contributed by atoms with Crippen LogP contribution in [-0.2, 0) is 0 Å². The molecule has 130 valence electrons. The molecule has 8 nitrogen and oxygen atoms in total. The number of hydrogen-bond acceptors (Lipinski definition) is 5. The maximum Gasteiger partial charge on any atom is 0.339 e. The van der Waals surface area contributed by atoms with E-state index in [4.69, 9.17) is 11.6 Å². The highest BCUT2D eigenvalue weighted by Gasteiger charge is 2.40. The van der Waals surface area contributed by atoms with Gasteiger partial charge in [0.1, 0.15) is 5.56 Å². The zero-order valence-corrected chi connectivity index (χ0v) is 14.1. The molecule has 9 heteroatoms. The number of halogens is 1. The van der Waals surface area contributed by atoms with E-state index < -0.39 is 23.8 Å². The van der Waals surface area contributed by atoms with Gasteiger partial charge in [0.05, 0.1) is 22.9 Å². The minimum atomic E-state index is -1.25. The summed E-state index contributed by atoms with van der Waals surface area (Å²) in [7, 11) is 0. The molecule has 3 heterocycles. The Morgan fingerprint density at radius 1 is 1.19 bits per heavy atom. The Hall–Kier alpha value is -3.26. The second-order valence-corrected chi connectivity index (χ2v) is 6.19. The van der Waals surface area contributed by atoms with Gasteiger partial charge in [0.25, 0.3) is 11.8 Å². The van der Waals surface area contributed by atoms with Gasteiger partial charge in [-0.05, 0) is 19.1 Å². The average Bonchev–Trinajstić information content (AvgIpc) is 3.11. The quantitative estimate of drug-likeness (QED) is 0.710. The lowest BCUT2D eigenvalue weighted by molar-refractivity contribution is 0.0577. The molecule has 0 aliphatic carbocycles. The number of rotatable bonds is 3. The first-order valence-electron chi connectivity index (χ1n) is 7.64. The number of fused-ring (bicyclic) bond motifs is 2. The van der Waals surface area contributed by atoms with Gasteiger partial charge in [0, 0.05) is 12.3 Å². The number of carbonyl (C=O) groups is 3. The number of aromatic nitrogens is 3. The van der Waals surface area contributed by atoms with E-state index in [1.165, 1.54) is 16.8 Å². The van der Waals surface area contributed by atoms with Gasteiger partial charge in [-0.1, -0.05) is 23.7 Å². The summed E-state index contributed by atoms with van der Waals surface area (Å²) in [6.07, 6.45) is 1.17. The van der Waals surface area contributed by atoms with E-state index in [9.17, 15) is 19.5 Å². The fourth-order valence-corrected chi connectivity index (χ4v) is 3.35. The van der Waals surface area contributed by atoms with Crippen molar-refractivity contribution in [3.05, 3.63) is 64.1 Å². The number of hydrogen-bond donors (Lipinski definition) is 1. The van der Waals surface area contributed by atoms with Crippen LogP contribution in [0.4, 0.5) is 0 Å². The van der Waals surface area contributed by atoms with Gasteiger partial charge in [-0.25, -0.2) is 14.3 Å². The van der Waals surface area contributed by atoms with E-state index in [-0.39, 0.29) is 27.5 Å². The zero-order valence-electron chi connectivity index (χ0n) is 13.4. The predicted molar refractivity (Wildman–Crippen MR) is 90.3 cm³/mol. The molecule has 0 spiro atoms. The number of nitrogens with zero attached hydrogens (tertiary/aromatic N) is 4. The largest absolute Gasteiger partial charge is 0.478 e. The topological polar surface area (TPSA) is 105 Å². The van der Waals surface area contributed by atoms with Crippen molar-refractivity contribution in [1.29, 1.82) is 0 Å². The lowest BCUT2D eigenvalue weighted by Crippen LogP contribution is -2.34. The Morgan fingerprint density at radius 2 is 1.81 bits per heavy atom. The highest BCUT2D eigenvalue weighted by molar-refractivity contribution is 6.29. The van der Waals surface area contributed by atoms with Gasteiger partial charge in [-0.15, -0.1) is 0 Å². The van der Waals surface area contributed by atoms with Crippen molar-refractivity contribution in [2.24, 2.45) is 0 Å². The van der Waals surface area contributed by atoms with Crippen LogP contribution < -0.4 is 0 Å². The lowest BCUT2D eigenvalue weighted by atomic mass is 10.1. The lowest BCUT2D eigenvalue weighted by Gasteiger charge is -2.24. The van der Waals surface area contributed by atoms with Crippen molar-refractivity contribution in [1.82, 2.24) is 19.5 Å². The molecule has 0 radical (unpaired) electrons. The minimum absolute atomic E-state index is 0.121. The van der Waals surface area contributed by atoms with Gasteiger partial charge in [-0.2, -0.15) is 5.10 Å². The number of aromatic carboxylic acids is 1. The standard InChI is InChI=1S/C17H11ClN4O4/c1-8(21-15(23)9-4-2-3-5-10(9)16(21)24)14-11(17(25)26)7-19-13-6-12(18)20-22(13)14/h2-8H,1H3,(H,25,26). The number of imide groups is 1. The van der Waals surface area contributed by atoms with Crippen molar-refractivity contribution in [3.63, 3.8) is 0 Å². The molecule has 1 aliphatic rings. The number of amides is 2. The summed E-state index contributed by atoms with van der Waals surface area (Å²) >= 11 is 5.91. The van der Waals surface area contributed by atoms with Crippen molar-refractivity contribution >= 4 is 35.0 Å². The zero-order chi connectivity index (χ0) is 18.6. The molecule has 0 bridgehead atoms. The van der Waals surface area contributed by atoms with Crippen molar-refractivity contribution in [2.75, 3.05) is 0 Å². The van der Waals surface area contributed by atoms with E-state index in [1.807, 2.05) is 0 Å². The summed E-state index contributed by atoms with van der Waals surface area (Å²) in [6, 6.07) is 7.03. The van der Waals surface area contributed by atoms with Gasteiger partial charge < -0.3 is 5.11 Å². The Labute approximate surface area is 151 Å². The van der Waals surface area contributed by atoms with Gasteiger partial charge >= 0.3 is 5.97 Å². The van der Waals surface area contributed by atoms with E-state index >= 15 is 0 Å². The Kier molecular flexibility index (Phi) is 3.52. The van der Waals surface area contributed by atoms with Crippen LogP contribution in [0.2, 0.25) is 5.15 Å². The molecule has 0 saturated heterocycles. The SMILES string of the molecule is CC(c1c(C(=O)O)cnc2cc(Cl)nn12)N1C(=O)c2ccccc2C1=O. The first-order valence-corrected chi connectivity index (χ1v) is 8.02. The average molecular weight is 371 g/mol. The normalized spacial score (nSPS) is 14.8. The Morgan fingerprint density at radius 3 is 2.38 bits per heavy atom. The van der Waals surface area contributed by atoms with E-state index in [2.05, 4.69) is 10.1 Å². The molecule has 2 aromatic heterocycles. The van der Waals surface area contributed by atoms with Gasteiger partial charge in [-0.3, -0.25) is 14.5 Å². The fraction of sp³-hybridized carbons (Fsp3) is 0.118. The molecule has 1 aliphatic heterocycles. The predicted octanol–water partition coefficient (Wildman–Crippen LogP) is 2.44. The van der Waals surface area contributed by atoms with Gasteiger partial charge in [0.2, 0.25) is 0 Å². The Bertz CT molecular complexity index is 1070. The molecular formula is C17H11ClN4O4. The van der Waals surface area contributed by atoms with Crippen molar-refractivity contribution in [2.45, 2.75) is 13.0 Å². The maximum absolute atomic E-state index is 12.7. The highest BCUT2D eigenvalue weighted by Crippen LogP contribution is 2.32. The first kappa shape index (κ1) is 16.2. The summed E-state index contributed by atoms with van der Waals surface area (Å²) in [4.78, 5) is 42.2. The van der Waals surface area contributed by atoms with Gasteiger partial charge in [0.15, 0.2) is 10.8 Å². The molecule has 1 atom stereocenters. The summed E-state index contributed by atoms with van der Waals surface area (Å²) < 4.78 is 1.25. The van der Waals surface area contributed by atoms with E-state index in [0.29, 0.717) is 5.65 Å². The fourth-order valence-electron chi connectivity index (χ4n) is 3.17. The second kappa shape index (κ2) is 5.63. The minimum Gasteiger partial charge on any atom is -0.478 e. The molecular weight excluding hydrogens is 360 g/mol. The number of carbonyl (C=O) groups excluding carboxylic acids is 2. The third-order valence-electron chi connectivity index (χ3n) is 4.33.